The molecule has 2 aromatic carbocycles. The summed E-state index contributed by atoms with van der Waals surface area (Å²) in [6.07, 6.45) is 2.46. The minimum atomic E-state index is -0.304. The molecule has 0 spiro atoms. The number of hydrogen-bond acceptors (Lipinski definition) is 4. The largest absolute Gasteiger partial charge is 0.497 e. The van der Waals surface area contributed by atoms with Gasteiger partial charge in [0.2, 0.25) is 0 Å². The van der Waals surface area contributed by atoms with E-state index in [0.29, 0.717) is 35.4 Å². The fourth-order valence-electron chi connectivity index (χ4n) is 5.06. The molecule has 0 saturated carbocycles. The molecule has 5 nitrogen and oxygen atoms in total. The molecule has 3 aliphatic heterocycles. The van der Waals surface area contributed by atoms with Crippen LogP contribution in [-0.2, 0) is 13.1 Å². The quantitative estimate of drug-likeness (QED) is 0.663. The second kappa shape index (κ2) is 8.44. The van der Waals surface area contributed by atoms with Gasteiger partial charge in [-0.05, 0) is 61.5 Å². The van der Waals surface area contributed by atoms with E-state index in [-0.39, 0.29) is 17.9 Å². The van der Waals surface area contributed by atoms with E-state index in [1.807, 2.05) is 24.3 Å². The maximum Gasteiger partial charge on any atom is 0.255 e. The van der Waals surface area contributed by atoms with Gasteiger partial charge in [-0.1, -0.05) is 18.2 Å². The Morgan fingerprint density at radius 1 is 1.10 bits per heavy atom. The minimum Gasteiger partial charge on any atom is -0.497 e. The Hall–Kier alpha value is -2.70. The molecule has 4 heterocycles. The van der Waals surface area contributed by atoms with Crippen LogP contribution in [0.3, 0.4) is 0 Å². The van der Waals surface area contributed by atoms with E-state index in [0.717, 1.165) is 17.4 Å². The van der Waals surface area contributed by atoms with Crippen LogP contribution >= 0.6 is 0 Å². The van der Waals surface area contributed by atoms with Crippen LogP contribution in [0.4, 0.5) is 4.39 Å². The zero-order valence-electron chi connectivity index (χ0n) is 17.8. The van der Waals surface area contributed by atoms with E-state index >= 15 is 0 Å². The summed E-state index contributed by atoms with van der Waals surface area (Å²) in [7, 11) is 1.60. The van der Waals surface area contributed by atoms with Crippen molar-refractivity contribution < 1.29 is 9.13 Å². The van der Waals surface area contributed by atoms with Gasteiger partial charge in [-0.3, -0.25) is 4.79 Å². The van der Waals surface area contributed by atoms with Crippen molar-refractivity contribution in [2.45, 2.75) is 32.0 Å². The molecule has 6 heteroatoms. The topological polar surface area (TPSA) is 46.5 Å². The van der Waals surface area contributed by atoms with E-state index in [1.165, 1.54) is 32.0 Å². The van der Waals surface area contributed by atoms with Gasteiger partial charge >= 0.3 is 0 Å². The van der Waals surface area contributed by atoms with Crippen molar-refractivity contribution in [3.8, 4) is 5.75 Å². The Morgan fingerprint density at radius 2 is 1.90 bits per heavy atom. The van der Waals surface area contributed by atoms with E-state index in [1.54, 1.807) is 29.9 Å². The van der Waals surface area contributed by atoms with Crippen LogP contribution in [0.1, 0.15) is 24.0 Å². The van der Waals surface area contributed by atoms with Gasteiger partial charge in [0.15, 0.2) is 0 Å². The van der Waals surface area contributed by atoms with E-state index in [4.69, 9.17) is 4.74 Å². The van der Waals surface area contributed by atoms with Gasteiger partial charge in [-0.15, -0.1) is 0 Å². The number of methoxy groups -OCH3 is 1. The van der Waals surface area contributed by atoms with Crippen LogP contribution in [0.15, 0.2) is 53.3 Å². The normalized spacial score (nSPS) is 22.7. The highest BCUT2D eigenvalue weighted by Crippen LogP contribution is 2.28. The number of nitrogens with zero attached hydrogens (tertiary/aromatic N) is 2. The minimum absolute atomic E-state index is 0.0854. The van der Waals surface area contributed by atoms with Crippen molar-refractivity contribution in [1.82, 2.24) is 14.8 Å². The molecule has 1 unspecified atom stereocenters. The lowest BCUT2D eigenvalue weighted by Gasteiger charge is -2.45. The van der Waals surface area contributed by atoms with Crippen molar-refractivity contribution in [2.24, 2.45) is 5.92 Å². The summed E-state index contributed by atoms with van der Waals surface area (Å²) in [5.74, 6) is 1.06. The number of hydrogen-bond donors (Lipinski definition) is 1. The Kier molecular flexibility index (Phi) is 5.50. The van der Waals surface area contributed by atoms with Crippen molar-refractivity contribution in [2.75, 3.05) is 26.7 Å². The Morgan fingerprint density at radius 3 is 2.61 bits per heavy atom. The number of fused-ring (bicyclic) bond motifs is 4. The summed E-state index contributed by atoms with van der Waals surface area (Å²) < 4.78 is 21.4. The number of piperidine rings is 3. The highest BCUT2D eigenvalue weighted by molar-refractivity contribution is 5.81. The molecule has 6 rings (SSSR count). The summed E-state index contributed by atoms with van der Waals surface area (Å²) in [6.45, 7) is 4.14. The summed E-state index contributed by atoms with van der Waals surface area (Å²) in [5.41, 5.74) is 1.87. The number of halogens is 1. The summed E-state index contributed by atoms with van der Waals surface area (Å²) in [4.78, 5) is 16.0. The molecule has 3 fully saturated rings. The molecule has 0 aliphatic carbocycles. The second-order valence-corrected chi connectivity index (χ2v) is 8.70. The molecular formula is C25H28FN3O2. The molecule has 0 radical (unpaired) electrons. The number of ether oxygens (including phenoxy) is 1. The Balaban J connectivity index is 1.50. The average molecular weight is 422 g/mol. The van der Waals surface area contributed by atoms with E-state index in [9.17, 15) is 9.18 Å². The second-order valence-electron chi connectivity index (χ2n) is 8.70. The lowest BCUT2D eigenvalue weighted by atomic mass is 9.84. The van der Waals surface area contributed by atoms with Crippen molar-refractivity contribution in [3.63, 3.8) is 0 Å². The van der Waals surface area contributed by atoms with Crippen LogP contribution < -0.4 is 15.6 Å². The molecule has 3 aromatic rings. The first-order valence-electron chi connectivity index (χ1n) is 11.0. The highest BCUT2D eigenvalue weighted by atomic mass is 19.1. The summed E-state index contributed by atoms with van der Waals surface area (Å²) >= 11 is 0. The van der Waals surface area contributed by atoms with Gasteiger partial charge in [-0.2, -0.15) is 0 Å². The van der Waals surface area contributed by atoms with Crippen LogP contribution in [0.2, 0.25) is 0 Å². The fraction of sp³-hybridized carbons (Fsp3) is 0.400. The number of rotatable bonds is 6. The maximum absolute atomic E-state index is 14.4. The lowest BCUT2D eigenvalue weighted by Crippen LogP contribution is -2.56. The predicted molar refractivity (Wildman–Crippen MR) is 120 cm³/mol. The van der Waals surface area contributed by atoms with Crippen LogP contribution in [0.25, 0.3) is 10.9 Å². The zero-order valence-corrected chi connectivity index (χ0v) is 17.8. The molecule has 3 saturated heterocycles. The van der Waals surface area contributed by atoms with Gasteiger partial charge in [0.1, 0.15) is 11.6 Å². The lowest BCUT2D eigenvalue weighted by molar-refractivity contribution is 0.0719. The predicted octanol–water partition coefficient (Wildman–Crippen LogP) is 3.38. The fourth-order valence-corrected chi connectivity index (χ4v) is 5.06. The molecule has 0 amide bonds. The van der Waals surface area contributed by atoms with Gasteiger partial charge in [0.25, 0.3) is 5.56 Å². The highest BCUT2D eigenvalue weighted by Gasteiger charge is 2.33. The third-order valence-electron chi connectivity index (χ3n) is 6.88. The monoisotopic (exact) mass is 421 g/mol. The van der Waals surface area contributed by atoms with Gasteiger partial charge in [-0.25, -0.2) is 4.39 Å². The third-order valence-corrected chi connectivity index (χ3v) is 6.88. The van der Waals surface area contributed by atoms with Gasteiger partial charge in [0.05, 0.1) is 19.2 Å². The third kappa shape index (κ3) is 3.98. The van der Waals surface area contributed by atoms with Gasteiger partial charge in [0, 0.05) is 36.3 Å². The SMILES string of the molecule is COc1ccc2cc(CNC3CN4CCC3CC4)c(=O)n(Cc3ccccc3F)c2c1. The number of aromatic nitrogens is 1. The van der Waals surface area contributed by atoms with Crippen LogP contribution in [-0.4, -0.2) is 42.3 Å². The van der Waals surface area contributed by atoms with Crippen molar-refractivity contribution >= 4 is 10.9 Å². The van der Waals surface area contributed by atoms with Crippen LogP contribution in [0, 0.1) is 11.7 Å². The maximum atomic E-state index is 14.4. The number of nitrogens with one attached hydrogen (secondary N) is 1. The van der Waals surface area contributed by atoms with Crippen molar-refractivity contribution in [3.05, 3.63) is 75.8 Å². The molecule has 162 valence electrons. The first-order valence-corrected chi connectivity index (χ1v) is 11.0. The molecule has 2 bridgehead atoms. The van der Waals surface area contributed by atoms with Crippen LogP contribution in [0.5, 0.6) is 5.75 Å². The molecule has 1 aromatic heterocycles. The average Bonchev–Trinajstić information content (AvgIpc) is 2.81. The molecule has 3 aliphatic rings. The first kappa shape index (κ1) is 20.2. The number of benzene rings is 2. The standard InChI is InChI=1S/C25H28FN3O2/c1-31-21-7-6-18-12-20(14-27-23-16-28-10-8-17(23)9-11-28)25(30)29(24(18)13-21)15-19-4-2-3-5-22(19)26/h2-7,12-13,17,23,27H,8-11,14-16H2,1H3. The molecular weight excluding hydrogens is 393 g/mol. The van der Waals surface area contributed by atoms with Crippen molar-refractivity contribution in [1.29, 1.82) is 0 Å². The molecule has 1 atom stereocenters. The van der Waals surface area contributed by atoms with E-state index < -0.39 is 0 Å². The van der Waals surface area contributed by atoms with Gasteiger partial charge < -0.3 is 19.5 Å². The summed E-state index contributed by atoms with van der Waals surface area (Å²) in [5, 5.41) is 4.59. The first-order chi connectivity index (χ1) is 15.1. The Bertz CT molecular complexity index is 1150. The van der Waals surface area contributed by atoms with E-state index in [2.05, 4.69) is 10.2 Å². The number of pyridine rings is 1. The molecule has 1 N–H and O–H groups in total. The Labute approximate surface area is 181 Å². The zero-order chi connectivity index (χ0) is 21.4. The summed E-state index contributed by atoms with van der Waals surface area (Å²) in [6, 6.07) is 14.7. The smallest absolute Gasteiger partial charge is 0.255 e. The molecule has 31 heavy (non-hydrogen) atoms.